The second kappa shape index (κ2) is 12.7. The van der Waals surface area contributed by atoms with Crippen molar-refractivity contribution in [3.63, 3.8) is 0 Å². The summed E-state index contributed by atoms with van der Waals surface area (Å²) in [6.45, 7) is 14.2. The van der Waals surface area contributed by atoms with Crippen LogP contribution in [0.3, 0.4) is 0 Å². The first-order chi connectivity index (χ1) is 21.1. The van der Waals surface area contributed by atoms with Gasteiger partial charge < -0.3 is 24.7 Å². The number of H-pyrrole nitrogens is 1. The number of nitrogens with one attached hydrogen (secondary N) is 1. The number of fused-ring (bicyclic) bond motifs is 2. The predicted octanol–water partition coefficient (Wildman–Crippen LogP) is 4.77. The molecule has 1 unspecified atom stereocenters. The lowest BCUT2D eigenvalue weighted by Gasteiger charge is -2.43. The maximum atomic E-state index is 16.9. The molecule has 0 aliphatic carbocycles. The summed E-state index contributed by atoms with van der Waals surface area (Å²) in [6.07, 6.45) is 1.33. The van der Waals surface area contributed by atoms with Crippen molar-refractivity contribution in [3.8, 4) is 11.1 Å². The van der Waals surface area contributed by atoms with Crippen LogP contribution in [-0.4, -0.2) is 99.9 Å². The molecular formula is C32H40ClFN8O2. The normalized spacial score (nSPS) is 17.2. The Kier molecular flexibility index (Phi) is 9.10. The zero-order valence-electron chi connectivity index (χ0n) is 26.2. The van der Waals surface area contributed by atoms with E-state index in [2.05, 4.69) is 26.6 Å². The van der Waals surface area contributed by atoms with Crippen LogP contribution in [0.4, 0.5) is 16.2 Å². The Labute approximate surface area is 262 Å². The lowest BCUT2D eigenvalue weighted by Crippen LogP contribution is -2.58. The molecule has 2 aliphatic rings. The number of hydrogen-bond donors (Lipinski definition) is 2. The number of aromatic amines is 1. The fourth-order valence-electron chi connectivity index (χ4n) is 6.03. The smallest absolute Gasteiger partial charge is 0.246 e. The number of rotatable bonds is 6. The Hall–Kier alpha value is -3.80. The molecule has 6 rings (SSSR count). The van der Waals surface area contributed by atoms with Gasteiger partial charge in [-0.3, -0.25) is 9.89 Å². The van der Waals surface area contributed by atoms with Gasteiger partial charge in [-0.2, -0.15) is 10.1 Å². The van der Waals surface area contributed by atoms with Crippen LogP contribution in [0.15, 0.2) is 30.9 Å². The molecule has 2 saturated heterocycles. The Balaban J connectivity index is 0.00000188. The molecule has 2 fully saturated rings. The highest BCUT2D eigenvalue weighted by Gasteiger charge is 2.34. The average molecular weight is 623 g/mol. The Bertz CT molecular complexity index is 1720. The molecule has 12 heteroatoms. The molecule has 2 aromatic carbocycles. The molecule has 234 valence electrons. The van der Waals surface area contributed by atoms with E-state index in [1.165, 1.54) is 6.08 Å². The summed E-state index contributed by atoms with van der Waals surface area (Å²) >= 11 is 6.91. The molecule has 4 aromatic rings. The minimum Gasteiger partial charge on any atom is -0.390 e. The first kappa shape index (κ1) is 31.6. The summed E-state index contributed by atoms with van der Waals surface area (Å²) < 4.78 is 16.9. The zero-order valence-corrected chi connectivity index (χ0v) is 26.9. The molecule has 4 heterocycles. The van der Waals surface area contributed by atoms with Crippen LogP contribution in [0.1, 0.15) is 32.0 Å². The van der Waals surface area contributed by atoms with Crippen LogP contribution >= 0.6 is 11.6 Å². The van der Waals surface area contributed by atoms with Gasteiger partial charge in [-0.05, 0) is 51.7 Å². The van der Waals surface area contributed by atoms with Gasteiger partial charge in [0.25, 0.3) is 0 Å². The monoisotopic (exact) mass is 622 g/mol. The average Bonchev–Trinajstić information content (AvgIpc) is 3.41. The molecule has 0 spiro atoms. The first-order valence-electron chi connectivity index (χ1n) is 15.0. The number of aliphatic hydroxyl groups excluding tert-OH is 1. The second-order valence-corrected chi connectivity index (χ2v) is 11.8. The number of anilines is 2. The number of nitrogens with zero attached hydrogens (tertiary/aromatic N) is 7. The van der Waals surface area contributed by atoms with Crippen molar-refractivity contribution >= 4 is 51.1 Å². The number of benzene rings is 2. The zero-order chi connectivity index (χ0) is 31.9. The van der Waals surface area contributed by atoms with Crippen molar-refractivity contribution in [1.82, 2.24) is 30.0 Å². The van der Waals surface area contributed by atoms with Crippen molar-refractivity contribution in [3.05, 3.63) is 53.0 Å². The molecule has 1 atom stereocenters. The van der Waals surface area contributed by atoms with Crippen molar-refractivity contribution in [2.75, 3.05) is 56.6 Å². The molecule has 0 radical (unpaired) electrons. The van der Waals surface area contributed by atoms with Crippen LogP contribution < -0.4 is 9.80 Å². The van der Waals surface area contributed by atoms with E-state index in [-0.39, 0.29) is 34.7 Å². The summed E-state index contributed by atoms with van der Waals surface area (Å²) in [5.74, 6) is 0.369. The number of carbonyl (C=O) groups excluding carboxylic acids is 1. The molecule has 1 amide bonds. The van der Waals surface area contributed by atoms with Crippen LogP contribution in [0.5, 0.6) is 0 Å². The molecule has 2 N–H and O–H groups in total. The summed E-state index contributed by atoms with van der Waals surface area (Å²) in [5.41, 5.74) is 2.84. The third kappa shape index (κ3) is 5.37. The molecular weight excluding hydrogens is 583 g/mol. The molecule has 2 aliphatic heterocycles. The minimum atomic E-state index is -0.554. The summed E-state index contributed by atoms with van der Waals surface area (Å²) in [5, 5.41) is 18.5. The van der Waals surface area contributed by atoms with Gasteiger partial charge in [-0.15, -0.1) is 0 Å². The van der Waals surface area contributed by atoms with Gasteiger partial charge in [0.1, 0.15) is 11.3 Å². The number of aliphatic hydroxyl groups is 1. The Morgan fingerprint density at radius 3 is 2.55 bits per heavy atom. The highest BCUT2D eigenvalue weighted by atomic mass is 35.5. The standard InChI is InChI=1S/C30H34ClFN8O2.C2H6/c1-6-23(42)40-10-9-38(12-17(40)3)29-19-11-20(31)25(24-16(2)7-8-21-26(24)22(15-41)36-35-21)27(32)28(19)33-30(34-29)39-13-18(14-39)37(4)5;1-2/h6-8,11,17-18,41H,1,9-10,12-15H2,2-5H3,(H,35,36);1-2H3. The Morgan fingerprint density at radius 1 is 1.18 bits per heavy atom. The van der Waals surface area contributed by atoms with E-state index in [0.717, 1.165) is 18.7 Å². The number of carbonyl (C=O) groups is 1. The van der Waals surface area contributed by atoms with Crippen molar-refractivity contribution in [2.24, 2.45) is 0 Å². The van der Waals surface area contributed by atoms with Gasteiger partial charge in [0.05, 0.1) is 22.8 Å². The third-order valence-electron chi connectivity index (χ3n) is 8.52. The van der Waals surface area contributed by atoms with Crippen LogP contribution in [0, 0.1) is 12.7 Å². The van der Waals surface area contributed by atoms with Gasteiger partial charge in [0.2, 0.25) is 11.9 Å². The van der Waals surface area contributed by atoms with Crippen molar-refractivity contribution in [2.45, 2.75) is 46.4 Å². The quantitative estimate of drug-likeness (QED) is 0.297. The lowest BCUT2D eigenvalue weighted by atomic mass is 9.94. The highest BCUT2D eigenvalue weighted by molar-refractivity contribution is 6.35. The van der Waals surface area contributed by atoms with Gasteiger partial charge >= 0.3 is 0 Å². The van der Waals surface area contributed by atoms with Crippen LogP contribution in [0.25, 0.3) is 32.9 Å². The minimum absolute atomic E-state index is 0.0994. The molecule has 0 saturated carbocycles. The highest BCUT2D eigenvalue weighted by Crippen LogP contribution is 2.43. The van der Waals surface area contributed by atoms with Gasteiger partial charge in [-0.1, -0.05) is 38.1 Å². The van der Waals surface area contributed by atoms with Crippen LogP contribution in [-0.2, 0) is 11.4 Å². The predicted molar refractivity (Wildman–Crippen MR) is 175 cm³/mol. The summed E-state index contributed by atoms with van der Waals surface area (Å²) in [4.78, 5) is 30.2. The number of halogens is 2. The molecule has 0 bridgehead atoms. The first-order valence-corrected chi connectivity index (χ1v) is 15.4. The van der Waals surface area contributed by atoms with E-state index >= 15 is 4.39 Å². The molecule has 44 heavy (non-hydrogen) atoms. The van der Waals surface area contributed by atoms with E-state index < -0.39 is 5.82 Å². The number of amides is 1. The number of aromatic nitrogens is 4. The summed E-state index contributed by atoms with van der Waals surface area (Å²) in [7, 11) is 4.07. The number of likely N-dealkylation sites (N-methyl/N-ethyl adjacent to an activating group) is 1. The van der Waals surface area contributed by atoms with Crippen molar-refractivity contribution in [1.29, 1.82) is 0 Å². The number of piperazine rings is 1. The van der Waals surface area contributed by atoms with E-state index in [0.29, 0.717) is 65.0 Å². The SMILES string of the molecule is C=CC(=O)N1CCN(c2nc(N3CC(N(C)C)C3)nc3c(F)c(-c4c(C)ccc5n[nH]c(CO)c45)c(Cl)cc23)CC1C.CC. The fourth-order valence-corrected chi connectivity index (χ4v) is 6.32. The van der Waals surface area contributed by atoms with Crippen molar-refractivity contribution < 1.29 is 14.3 Å². The third-order valence-corrected chi connectivity index (χ3v) is 8.82. The van der Waals surface area contributed by atoms with E-state index in [4.69, 9.17) is 21.6 Å². The van der Waals surface area contributed by atoms with Gasteiger partial charge in [0.15, 0.2) is 5.82 Å². The van der Waals surface area contributed by atoms with E-state index in [9.17, 15) is 9.90 Å². The van der Waals surface area contributed by atoms with Gasteiger partial charge in [-0.25, -0.2) is 9.37 Å². The topological polar surface area (TPSA) is 105 Å². The summed E-state index contributed by atoms with van der Waals surface area (Å²) in [6, 6.07) is 5.68. The second-order valence-electron chi connectivity index (χ2n) is 11.4. The maximum Gasteiger partial charge on any atom is 0.246 e. The number of aryl methyl sites for hydroxylation is 1. The van der Waals surface area contributed by atoms with E-state index in [1.54, 1.807) is 11.0 Å². The van der Waals surface area contributed by atoms with Crippen LogP contribution in [0.2, 0.25) is 5.02 Å². The van der Waals surface area contributed by atoms with Gasteiger partial charge in [0, 0.05) is 66.7 Å². The lowest BCUT2D eigenvalue weighted by molar-refractivity contribution is -0.128. The molecule has 10 nitrogen and oxygen atoms in total. The van der Waals surface area contributed by atoms with E-state index in [1.807, 2.05) is 58.8 Å². The fraction of sp³-hybridized carbons (Fsp3) is 0.438. The molecule has 2 aromatic heterocycles. The number of hydrogen-bond acceptors (Lipinski definition) is 8. The largest absolute Gasteiger partial charge is 0.390 e. The Morgan fingerprint density at radius 2 is 1.91 bits per heavy atom. The maximum absolute atomic E-state index is 16.9.